The summed E-state index contributed by atoms with van der Waals surface area (Å²) >= 11 is 0. The van der Waals surface area contributed by atoms with Gasteiger partial charge in [-0.1, -0.05) is 30.3 Å². The molecule has 0 spiro atoms. The second kappa shape index (κ2) is 5.86. The maximum absolute atomic E-state index is 12.5. The Kier molecular flexibility index (Phi) is 3.91. The van der Waals surface area contributed by atoms with Gasteiger partial charge in [0.1, 0.15) is 10.9 Å². The van der Waals surface area contributed by atoms with Crippen LogP contribution in [-0.4, -0.2) is 23.0 Å². The highest BCUT2D eigenvalue weighted by molar-refractivity contribution is 7.89. The fraction of sp³-hybridized carbons (Fsp3) is 0.200. The number of benzene rings is 1. The van der Waals surface area contributed by atoms with Crippen LogP contribution in [0.15, 0.2) is 55.0 Å². The fourth-order valence-electron chi connectivity index (χ4n) is 2.18. The van der Waals surface area contributed by atoms with Crippen molar-refractivity contribution in [2.75, 3.05) is 0 Å². The SMILES string of the molecule is CC(n1cnc2cccnc21)S(=O)(=O)NCc1ccccc1. The molecule has 2 aromatic heterocycles. The molecule has 0 aliphatic rings. The summed E-state index contributed by atoms with van der Waals surface area (Å²) in [5.41, 5.74) is 2.14. The minimum absolute atomic E-state index is 0.258. The molecule has 0 radical (unpaired) electrons. The minimum Gasteiger partial charge on any atom is -0.296 e. The third-order valence-corrected chi connectivity index (χ3v) is 5.16. The highest BCUT2D eigenvalue weighted by Gasteiger charge is 2.23. The molecule has 0 amide bonds. The molecule has 0 saturated heterocycles. The topological polar surface area (TPSA) is 76.9 Å². The van der Waals surface area contributed by atoms with Gasteiger partial charge in [0.15, 0.2) is 5.65 Å². The molecule has 1 unspecified atom stereocenters. The molecular weight excluding hydrogens is 300 g/mol. The van der Waals surface area contributed by atoms with Gasteiger partial charge in [-0.05, 0) is 24.6 Å². The Morgan fingerprint density at radius 2 is 1.91 bits per heavy atom. The van der Waals surface area contributed by atoms with Crippen molar-refractivity contribution in [3.8, 4) is 0 Å². The number of nitrogens with zero attached hydrogens (tertiary/aromatic N) is 3. The van der Waals surface area contributed by atoms with E-state index >= 15 is 0 Å². The molecule has 1 N–H and O–H groups in total. The lowest BCUT2D eigenvalue weighted by Gasteiger charge is -2.15. The Morgan fingerprint density at radius 3 is 2.68 bits per heavy atom. The molecule has 22 heavy (non-hydrogen) atoms. The molecular formula is C15H16N4O2S. The van der Waals surface area contributed by atoms with Crippen LogP contribution in [0.1, 0.15) is 17.9 Å². The van der Waals surface area contributed by atoms with Crippen LogP contribution in [0.2, 0.25) is 0 Å². The monoisotopic (exact) mass is 316 g/mol. The van der Waals surface area contributed by atoms with Crippen molar-refractivity contribution < 1.29 is 8.42 Å². The van der Waals surface area contributed by atoms with E-state index in [0.29, 0.717) is 11.2 Å². The van der Waals surface area contributed by atoms with Crippen molar-refractivity contribution in [1.29, 1.82) is 0 Å². The van der Waals surface area contributed by atoms with Crippen molar-refractivity contribution in [2.45, 2.75) is 18.8 Å². The van der Waals surface area contributed by atoms with Gasteiger partial charge in [-0.15, -0.1) is 0 Å². The van der Waals surface area contributed by atoms with Gasteiger partial charge in [-0.25, -0.2) is 23.1 Å². The third kappa shape index (κ3) is 2.86. The molecule has 1 aromatic carbocycles. The number of hydrogen-bond acceptors (Lipinski definition) is 4. The van der Waals surface area contributed by atoms with Gasteiger partial charge >= 0.3 is 0 Å². The lowest BCUT2D eigenvalue weighted by atomic mass is 10.2. The normalized spacial score (nSPS) is 13.3. The molecule has 0 aliphatic heterocycles. The minimum atomic E-state index is -3.54. The summed E-state index contributed by atoms with van der Waals surface area (Å²) < 4.78 is 29.1. The van der Waals surface area contributed by atoms with E-state index in [1.807, 2.05) is 30.3 Å². The van der Waals surface area contributed by atoms with E-state index in [9.17, 15) is 8.42 Å². The standard InChI is InChI=1S/C15H16N4O2S/c1-12(19-11-17-14-8-5-9-16-15(14)19)22(20,21)18-10-13-6-3-2-4-7-13/h2-9,11-12,18H,10H2,1H3. The summed E-state index contributed by atoms with van der Waals surface area (Å²) in [5.74, 6) is 0. The van der Waals surface area contributed by atoms with Crippen LogP contribution in [-0.2, 0) is 16.6 Å². The number of fused-ring (bicyclic) bond motifs is 1. The van der Waals surface area contributed by atoms with E-state index in [0.717, 1.165) is 5.56 Å². The third-order valence-electron chi connectivity index (χ3n) is 3.49. The van der Waals surface area contributed by atoms with Crippen molar-refractivity contribution in [1.82, 2.24) is 19.3 Å². The lowest BCUT2D eigenvalue weighted by molar-refractivity contribution is 0.547. The first kappa shape index (κ1) is 14.7. The first-order valence-electron chi connectivity index (χ1n) is 6.88. The molecule has 3 rings (SSSR count). The quantitative estimate of drug-likeness (QED) is 0.782. The van der Waals surface area contributed by atoms with E-state index in [1.165, 1.54) is 6.33 Å². The van der Waals surface area contributed by atoms with E-state index < -0.39 is 15.4 Å². The molecule has 0 saturated carbocycles. The molecule has 1 atom stereocenters. The summed E-state index contributed by atoms with van der Waals surface area (Å²) in [6.45, 7) is 1.87. The predicted octanol–water partition coefficient (Wildman–Crippen LogP) is 2.07. The van der Waals surface area contributed by atoms with Gasteiger partial charge < -0.3 is 0 Å². The van der Waals surface area contributed by atoms with Gasteiger partial charge in [0.2, 0.25) is 10.0 Å². The van der Waals surface area contributed by atoms with Crippen molar-refractivity contribution in [3.63, 3.8) is 0 Å². The molecule has 0 aliphatic carbocycles. The molecule has 6 nitrogen and oxygen atoms in total. The summed E-state index contributed by atoms with van der Waals surface area (Å²) in [6, 6.07) is 13.0. The Morgan fingerprint density at radius 1 is 1.14 bits per heavy atom. The first-order chi connectivity index (χ1) is 10.6. The lowest BCUT2D eigenvalue weighted by Crippen LogP contribution is -2.30. The van der Waals surface area contributed by atoms with Gasteiger partial charge in [0, 0.05) is 12.7 Å². The Labute approximate surface area is 128 Å². The van der Waals surface area contributed by atoms with E-state index in [1.54, 1.807) is 29.8 Å². The molecule has 0 fully saturated rings. The van der Waals surface area contributed by atoms with Crippen LogP contribution in [0, 0.1) is 0 Å². The highest BCUT2D eigenvalue weighted by Crippen LogP contribution is 2.19. The van der Waals surface area contributed by atoms with Crippen LogP contribution in [0.3, 0.4) is 0 Å². The maximum Gasteiger partial charge on any atom is 0.233 e. The van der Waals surface area contributed by atoms with E-state index in [4.69, 9.17) is 0 Å². The summed E-state index contributed by atoms with van der Waals surface area (Å²) in [6.07, 6.45) is 3.13. The first-order valence-corrected chi connectivity index (χ1v) is 8.42. The number of rotatable bonds is 5. The Hall–Kier alpha value is -2.25. The fourth-order valence-corrected chi connectivity index (χ4v) is 3.25. The molecule has 7 heteroatoms. The largest absolute Gasteiger partial charge is 0.296 e. The Balaban J connectivity index is 1.82. The molecule has 0 bridgehead atoms. The number of nitrogens with one attached hydrogen (secondary N) is 1. The van der Waals surface area contributed by atoms with Gasteiger partial charge in [0.05, 0.1) is 6.33 Å². The summed E-state index contributed by atoms with van der Waals surface area (Å²) in [7, 11) is -3.54. The zero-order chi connectivity index (χ0) is 15.6. The van der Waals surface area contributed by atoms with Gasteiger partial charge in [-0.3, -0.25) is 4.57 Å². The second-order valence-corrected chi connectivity index (χ2v) is 7.01. The van der Waals surface area contributed by atoms with Crippen LogP contribution in [0.4, 0.5) is 0 Å². The highest BCUT2D eigenvalue weighted by atomic mass is 32.2. The Bertz CT molecular complexity index is 875. The zero-order valence-corrected chi connectivity index (χ0v) is 12.9. The average molecular weight is 316 g/mol. The zero-order valence-electron chi connectivity index (χ0n) is 12.0. The summed E-state index contributed by atoms with van der Waals surface area (Å²) in [5, 5.41) is -0.795. The van der Waals surface area contributed by atoms with Crippen LogP contribution in [0.25, 0.3) is 11.2 Å². The number of imidazole rings is 1. The average Bonchev–Trinajstić information content (AvgIpc) is 2.97. The predicted molar refractivity (Wildman–Crippen MR) is 84.4 cm³/mol. The van der Waals surface area contributed by atoms with Crippen molar-refractivity contribution >= 4 is 21.2 Å². The smallest absolute Gasteiger partial charge is 0.233 e. The van der Waals surface area contributed by atoms with Crippen LogP contribution in [0.5, 0.6) is 0 Å². The summed E-state index contributed by atoms with van der Waals surface area (Å²) in [4.78, 5) is 8.38. The van der Waals surface area contributed by atoms with Crippen molar-refractivity contribution in [3.05, 3.63) is 60.6 Å². The van der Waals surface area contributed by atoms with Crippen LogP contribution >= 0.6 is 0 Å². The van der Waals surface area contributed by atoms with E-state index in [2.05, 4.69) is 14.7 Å². The number of hydrogen-bond donors (Lipinski definition) is 1. The number of aromatic nitrogens is 3. The maximum atomic E-state index is 12.5. The molecule has 2 heterocycles. The number of sulfonamides is 1. The molecule has 3 aromatic rings. The second-order valence-electron chi connectivity index (χ2n) is 4.95. The van der Waals surface area contributed by atoms with Gasteiger partial charge in [-0.2, -0.15) is 0 Å². The van der Waals surface area contributed by atoms with Crippen molar-refractivity contribution in [2.24, 2.45) is 0 Å². The number of pyridine rings is 1. The van der Waals surface area contributed by atoms with Gasteiger partial charge in [0.25, 0.3) is 0 Å². The van der Waals surface area contributed by atoms with E-state index in [-0.39, 0.29) is 6.54 Å². The van der Waals surface area contributed by atoms with Crippen LogP contribution < -0.4 is 4.72 Å². The molecule has 114 valence electrons.